The van der Waals surface area contributed by atoms with Crippen LogP contribution in [-0.4, -0.2) is 15.9 Å². The number of nitrogens with zero attached hydrogens (tertiary/aromatic N) is 2. The van der Waals surface area contributed by atoms with Gasteiger partial charge in [0.25, 0.3) is 5.91 Å². The number of aromatic nitrogens is 2. The number of rotatable bonds is 3. The number of benzene rings is 2. The van der Waals surface area contributed by atoms with Crippen LogP contribution >= 0.6 is 0 Å². The molecule has 4 rings (SSSR count). The van der Waals surface area contributed by atoms with Gasteiger partial charge >= 0.3 is 6.01 Å². The standard InChI is InChI=1S/C19H12FN3O2/c20-14-9-13-7-4-8-21-17(13)15(10-14)18(24)23-19-22-16(11-25-19)12-5-2-1-3-6-12/h1-11H,(H,22,23,24). The molecule has 2 aromatic heterocycles. The molecule has 2 heterocycles. The smallest absolute Gasteiger partial charge is 0.302 e. The van der Waals surface area contributed by atoms with Crippen LogP contribution in [0.15, 0.2) is 71.5 Å². The Kier molecular flexibility index (Phi) is 3.70. The van der Waals surface area contributed by atoms with E-state index in [1.807, 2.05) is 30.3 Å². The Morgan fingerprint density at radius 3 is 2.76 bits per heavy atom. The Labute approximate surface area is 142 Å². The minimum atomic E-state index is -0.537. The van der Waals surface area contributed by atoms with Crippen molar-refractivity contribution in [2.45, 2.75) is 0 Å². The molecular weight excluding hydrogens is 321 g/mol. The van der Waals surface area contributed by atoms with E-state index in [0.717, 1.165) is 11.6 Å². The molecule has 1 N–H and O–H groups in total. The molecule has 0 saturated carbocycles. The maximum absolute atomic E-state index is 13.8. The van der Waals surface area contributed by atoms with Crippen molar-refractivity contribution in [1.82, 2.24) is 9.97 Å². The van der Waals surface area contributed by atoms with Crippen molar-refractivity contribution in [1.29, 1.82) is 0 Å². The van der Waals surface area contributed by atoms with Crippen LogP contribution in [0.1, 0.15) is 10.4 Å². The lowest BCUT2D eigenvalue weighted by Crippen LogP contribution is -2.13. The fraction of sp³-hybridized carbons (Fsp3) is 0. The topological polar surface area (TPSA) is 68.0 Å². The second-order valence-corrected chi connectivity index (χ2v) is 5.39. The van der Waals surface area contributed by atoms with Crippen LogP contribution in [0.25, 0.3) is 22.2 Å². The van der Waals surface area contributed by atoms with Crippen LogP contribution in [0.5, 0.6) is 0 Å². The fourth-order valence-corrected chi connectivity index (χ4v) is 2.57. The van der Waals surface area contributed by atoms with Gasteiger partial charge in [0.1, 0.15) is 17.8 Å². The van der Waals surface area contributed by atoms with Gasteiger partial charge in [-0.3, -0.25) is 15.1 Å². The second-order valence-electron chi connectivity index (χ2n) is 5.39. The van der Waals surface area contributed by atoms with Crippen molar-refractivity contribution in [2.24, 2.45) is 0 Å². The molecule has 1 amide bonds. The number of pyridine rings is 1. The van der Waals surface area contributed by atoms with E-state index in [-0.39, 0.29) is 11.6 Å². The van der Waals surface area contributed by atoms with E-state index in [2.05, 4.69) is 15.3 Å². The van der Waals surface area contributed by atoms with Crippen LogP contribution in [0.3, 0.4) is 0 Å². The van der Waals surface area contributed by atoms with Crippen LogP contribution in [0.4, 0.5) is 10.4 Å². The lowest BCUT2D eigenvalue weighted by molar-refractivity contribution is 0.102. The third kappa shape index (κ3) is 2.97. The summed E-state index contributed by atoms with van der Waals surface area (Å²) in [5, 5.41) is 3.09. The quantitative estimate of drug-likeness (QED) is 0.607. The third-order valence-electron chi connectivity index (χ3n) is 3.71. The van der Waals surface area contributed by atoms with Gasteiger partial charge in [0.15, 0.2) is 0 Å². The lowest BCUT2D eigenvalue weighted by Gasteiger charge is -2.05. The summed E-state index contributed by atoms with van der Waals surface area (Å²) >= 11 is 0. The molecule has 0 fully saturated rings. The van der Waals surface area contributed by atoms with Gasteiger partial charge in [0, 0.05) is 17.1 Å². The number of hydrogen-bond acceptors (Lipinski definition) is 4. The monoisotopic (exact) mass is 333 g/mol. The summed E-state index contributed by atoms with van der Waals surface area (Å²) in [5.41, 5.74) is 1.99. The zero-order chi connectivity index (χ0) is 17.2. The molecule has 122 valence electrons. The molecule has 25 heavy (non-hydrogen) atoms. The summed E-state index contributed by atoms with van der Waals surface area (Å²) in [4.78, 5) is 20.9. The van der Waals surface area contributed by atoms with E-state index < -0.39 is 11.7 Å². The molecule has 0 atom stereocenters. The molecule has 0 aliphatic heterocycles. The maximum Gasteiger partial charge on any atom is 0.302 e. The van der Waals surface area contributed by atoms with Crippen molar-refractivity contribution in [3.05, 3.63) is 78.4 Å². The highest BCUT2D eigenvalue weighted by molar-refractivity contribution is 6.11. The summed E-state index contributed by atoms with van der Waals surface area (Å²) in [6, 6.07) is 15.3. The van der Waals surface area contributed by atoms with Gasteiger partial charge in [-0.15, -0.1) is 0 Å². The number of carbonyl (C=O) groups excluding carboxylic acids is 1. The highest BCUT2D eigenvalue weighted by atomic mass is 19.1. The number of amides is 1. The number of fused-ring (bicyclic) bond motifs is 1. The largest absolute Gasteiger partial charge is 0.431 e. The minimum Gasteiger partial charge on any atom is -0.431 e. The highest BCUT2D eigenvalue weighted by Crippen LogP contribution is 2.22. The molecule has 0 spiro atoms. The average Bonchev–Trinajstić information content (AvgIpc) is 3.10. The van der Waals surface area contributed by atoms with Crippen LogP contribution in [-0.2, 0) is 0 Å². The van der Waals surface area contributed by atoms with Crippen molar-refractivity contribution in [2.75, 3.05) is 5.32 Å². The Bertz CT molecular complexity index is 1060. The summed E-state index contributed by atoms with van der Waals surface area (Å²) in [7, 11) is 0. The summed E-state index contributed by atoms with van der Waals surface area (Å²) < 4.78 is 19.1. The first-order valence-electron chi connectivity index (χ1n) is 7.57. The second kappa shape index (κ2) is 6.16. The Morgan fingerprint density at radius 1 is 1.08 bits per heavy atom. The predicted molar refractivity (Wildman–Crippen MR) is 91.6 cm³/mol. The molecule has 5 nitrogen and oxygen atoms in total. The summed E-state index contributed by atoms with van der Waals surface area (Å²) in [5.74, 6) is -1.05. The van der Waals surface area contributed by atoms with E-state index >= 15 is 0 Å². The fourth-order valence-electron chi connectivity index (χ4n) is 2.57. The van der Waals surface area contributed by atoms with Gasteiger partial charge < -0.3 is 4.42 Å². The van der Waals surface area contributed by atoms with Gasteiger partial charge in [-0.1, -0.05) is 36.4 Å². The van der Waals surface area contributed by atoms with Gasteiger partial charge in [-0.25, -0.2) is 4.39 Å². The number of carbonyl (C=O) groups is 1. The van der Waals surface area contributed by atoms with E-state index in [1.165, 1.54) is 12.3 Å². The average molecular weight is 333 g/mol. The first kappa shape index (κ1) is 15.0. The highest BCUT2D eigenvalue weighted by Gasteiger charge is 2.16. The SMILES string of the molecule is O=C(Nc1nc(-c2ccccc2)co1)c1cc(F)cc2cccnc12. The molecular formula is C19H12FN3O2. The predicted octanol–water partition coefficient (Wildman–Crippen LogP) is 4.28. The van der Waals surface area contributed by atoms with Crippen LogP contribution in [0.2, 0.25) is 0 Å². The number of oxazole rings is 1. The van der Waals surface area contributed by atoms with Gasteiger partial charge in [0.05, 0.1) is 11.1 Å². The Hall–Kier alpha value is -3.54. The van der Waals surface area contributed by atoms with Crippen molar-refractivity contribution >= 4 is 22.8 Å². The van der Waals surface area contributed by atoms with Gasteiger partial charge in [-0.05, 0) is 18.2 Å². The van der Waals surface area contributed by atoms with Crippen molar-refractivity contribution < 1.29 is 13.6 Å². The minimum absolute atomic E-state index is 0.0391. The zero-order valence-electron chi connectivity index (χ0n) is 12.9. The van der Waals surface area contributed by atoms with Gasteiger partial charge in [-0.2, -0.15) is 4.98 Å². The number of nitrogens with one attached hydrogen (secondary N) is 1. The molecule has 0 saturated heterocycles. The molecule has 2 aromatic carbocycles. The molecule has 0 aliphatic carbocycles. The number of hydrogen-bond donors (Lipinski definition) is 1. The molecule has 6 heteroatoms. The first-order valence-corrected chi connectivity index (χ1v) is 7.57. The number of halogens is 1. The number of anilines is 1. The first-order chi connectivity index (χ1) is 12.2. The summed E-state index contributed by atoms with van der Waals surface area (Å²) in [6.07, 6.45) is 3.00. The molecule has 0 aliphatic rings. The third-order valence-corrected chi connectivity index (χ3v) is 3.71. The summed E-state index contributed by atoms with van der Waals surface area (Å²) in [6.45, 7) is 0. The van der Waals surface area contributed by atoms with Crippen molar-refractivity contribution in [3.63, 3.8) is 0 Å². The van der Waals surface area contributed by atoms with Gasteiger partial charge in [0.2, 0.25) is 0 Å². The van der Waals surface area contributed by atoms with E-state index in [9.17, 15) is 9.18 Å². The van der Waals surface area contributed by atoms with Crippen molar-refractivity contribution in [3.8, 4) is 11.3 Å². The molecule has 0 radical (unpaired) electrons. The normalized spacial score (nSPS) is 10.8. The van der Waals surface area contributed by atoms with Crippen LogP contribution < -0.4 is 5.32 Å². The van der Waals surface area contributed by atoms with E-state index in [0.29, 0.717) is 16.6 Å². The molecule has 4 aromatic rings. The lowest BCUT2D eigenvalue weighted by atomic mass is 10.1. The molecule has 0 bridgehead atoms. The zero-order valence-corrected chi connectivity index (χ0v) is 12.9. The van der Waals surface area contributed by atoms with Crippen LogP contribution in [0, 0.1) is 5.82 Å². The van der Waals surface area contributed by atoms with E-state index in [1.54, 1.807) is 18.3 Å². The van der Waals surface area contributed by atoms with E-state index in [4.69, 9.17) is 4.42 Å². The maximum atomic E-state index is 13.8. The molecule has 0 unspecified atom stereocenters. The Balaban J connectivity index is 1.64. The Morgan fingerprint density at radius 2 is 1.92 bits per heavy atom.